The number of rotatable bonds is 6. The van der Waals surface area contributed by atoms with Crippen LogP contribution in [0.2, 0.25) is 0 Å². The summed E-state index contributed by atoms with van der Waals surface area (Å²) < 4.78 is 79.8. The van der Waals surface area contributed by atoms with Gasteiger partial charge < -0.3 is 13.9 Å². The molecule has 0 atom stereocenters. The lowest BCUT2D eigenvalue weighted by atomic mass is 10.2. The van der Waals surface area contributed by atoms with Crippen molar-refractivity contribution >= 4 is 26.9 Å². The van der Waals surface area contributed by atoms with Gasteiger partial charge in [0.25, 0.3) is 10.0 Å². The van der Waals surface area contributed by atoms with Gasteiger partial charge in [0.15, 0.2) is 17.1 Å². The molecule has 2 aromatic carbocycles. The van der Waals surface area contributed by atoms with Gasteiger partial charge >= 0.3 is 12.1 Å². The van der Waals surface area contributed by atoms with E-state index in [0.29, 0.717) is 17.2 Å². The van der Waals surface area contributed by atoms with Crippen molar-refractivity contribution in [2.45, 2.75) is 11.1 Å². The van der Waals surface area contributed by atoms with Gasteiger partial charge in [0.2, 0.25) is 5.76 Å². The van der Waals surface area contributed by atoms with Crippen molar-refractivity contribution in [1.82, 2.24) is 10.3 Å². The van der Waals surface area contributed by atoms with E-state index in [9.17, 15) is 26.4 Å². The lowest BCUT2D eigenvalue weighted by Crippen LogP contribution is -2.42. The van der Waals surface area contributed by atoms with Crippen molar-refractivity contribution in [2.75, 3.05) is 14.2 Å². The standard InChI is InChI=1S/C18H15F3N2O6S/c1-27-12-8-5-6-10-14(12)29-16(15(10)28-2)17(24)22-23-30(25,26)13-9-4-3-7-11(13)18(19,20)21/h3-9,23H,1-2H3,(H,22,24). The summed E-state index contributed by atoms with van der Waals surface area (Å²) in [5.41, 5.74) is 0.627. The van der Waals surface area contributed by atoms with E-state index in [-0.39, 0.29) is 11.3 Å². The lowest BCUT2D eigenvalue weighted by Gasteiger charge is -2.13. The van der Waals surface area contributed by atoms with Crippen LogP contribution < -0.4 is 19.7 Å². The van der Waals surface area contributed by atoms with Crippen LogP contribution >= 0.6 is 0 Å². The van der Waals surface area contributed by atoms with Gasteiger partial charge in [-0.2, -0.15) is 13.2 Å². The molecule has 0 aliphatic heterocycles. The average molecular weight is 444 g/mol. The minimum Gasteiger partial charge on any atom is -0.493 e. The van der Waals surface area contributed by atoms with E-state index >= 15 is 0 Å². The van der Waals surface area contributed by atoms with Gasteiger partial charge in [-0.25, -0.2) is 8.42 Å². The number of alkyl halides is 3. The smallest absolute Gasteiger partial charge is 0.417 e. The molecule has 0 saturated heterocycles. The maximum atomic E-state index is 13.1. The summed E-state index contributed by atoms with van der Waals surface area (Å²) in [6.07, 6.45) is -4.91. The fourth-order valence-electron chi connectivity index (χ4n) is 2.74. The number of furan rings is 1. The van der Waals surface area contributed by atoms with Crippen LogP contribution in [0.25, 0.3) is 11.0 Å². The summed E-state index contributed by atoms with van der Waals surface area (Å²) in [6.45, 7) is 0. The number of carbonyl (C=O) groups is 1. The number of amides is 1. The monoisotopic (exact) mass is 444 g/mol. The van der Waals surface area contributed by atoms with Crippen molar-refractivity contribution in [1.29, 1.82) is 0 Å². The minimum atomic E-state index is -4.91. The molecule has 1 aromatic heterocycles. The van der Waals surface area contributed by atoms with Crippen LogP contribution in [0.5, 0.6) is 11.5 Å². The van der Waals surface area contributed by atoms with Crippen LogP contribution in [0.3, 0.4) is 0 Å². The maximum Gasteiger partial charge on any atom is 0.417 e. The van der Waals surface area contributed by atoms with Gasteiger partial charge in [0.05, 0.1) is 30.1 Å². The third-order valence-electron chi connectivity index (χ3n) is 4.05. The molecule has 12 heteroatoms. The number of ether oxygens (including phenoxy) is 2. The summed E-state index contributed by atoms with van der Waals surface area (Å²) >= 11 is 0. The van der Waals surface area contributed by atoms with Gasteiger partial charge in [-0.05, 0) is 24.3 Å². The van der Waals surface area contributed by atoms with E-state index in [4.69, 9.17) is 13.9 Å². The number of sulfonamides is 1. The summed E-state index contributed by atoms with van der Waals surface area (Å²) in [7, 11) is -2.10. The van der Waals surface area contributed by atoms with E-state index in [2.05, 4.69) is 0 Å². The first-order chi connectivity index (χ1) is 14.1. The number of hydrogen-bond donors (Lipinski definition) is 2. The molecule has 0 spiro atoms. The van der Waals surface area contributed by atoms with Gasteiger partial charge in [-0.15, -0.1) is 4.83 Å². The lowest BCUT2D eigenvalue weighted by molar-refractivity contribution is -0.139. The molecule has 0 aliphatic rings. The molecule has 2 N–H and O–H groups in total. The zero-order chi connectivity index (χ0) is 22.1. The van der Waals surface area contributed by atoms with Crippen LogP contribution in [0, 0.1) is 0 Å². The van der Waals surface area contributed by atoms with Crippen molar-refractivity contribution in [3.8, 4) is 11.5 Å². The Morgan fingerprint density at radius 2 is 1.73 bits per heavy atom. The molecule has 0 bridgehead atoms. The van der Waals surface area contributed by atoms with Crippen molar-refractivity contribution in [3.63, 3.8) is 0 Å². The van der Waals surface area contributed by atoms with Crippen LogP contribution in [0.15, 0.2) is 51.8 Å². The molecular formula is C18H15F3N2O6S. The highest BCUT2D eigenvalue weighted by Crippen LogP contribution is 2.38. The van der Waals surface area contributed by atoms with Crippen LogP contribution in [-0.2, 0) is 16.2 Å². The zero-order valence-electron chi connectivity index (χ0n) is 15.5. The second-order valence-corrected chi connectivity index (χ2v) is 7.51. The molecule has 3 aromatic rings. The van der Waals surface area contributed by atoms with Crippen LogP contribution in [0.1, 0.15) is 16.1 Å². The molecule has 30 heavy (non-hydrogen) atoms. The topological polar surface area (TPSA) is 107 Å². The molecule has 160 valence electrons. The summed E-state index contributed by atoms with van der Waals surface area (Å²) in [4.78, 5) is 13.1. The first kappa shape index (κ1) is 21.5. The Hall–Kier alpha value is -3.25. The molecule has 0 saturated carbocycles. The highest BCUT2D eigenvalue weighted by molar-refractivity contribution is 7.89. The maximum absolute atomic E-state index is 13.1. The van der Waals surface area contributed by atoms with E-state index in [1.807, 2.05) is 5.43 Å². The van der Waals surface area contributed by atoms with Crippen LogP contribution in [-0.4, -0.2) is 28.5 Å². The predicted octanol–water partition coefficient (Wildman–Crippen LogP) is 3.09. The van der Waals surface area contributed by atoms with Crippen molar-refractivity contribution in [2.24, 2.45) is 0 Å². The number of hydrogen-bond acceptors (Lipinski definition) is 6. The van der Waals surface area contributed by atoms with Gasteiger partial charge in [-0.1, -0.05) is 18.2 Å². The number of methoxy groups -OCH3 is 2. The van der Waals surface area contributed by atoms with E-state index in [1.165, 1.54) is 14.2 Å². The normalized spacial score (nSPS) is 12.0. The predicted molar refractivity (Wildman–Crippen MR) is 98.5 cm³/mol. The average Bonchev–Trinajstić information content (AvgIpc) is 3.10. The quantitative estimate of drug-likeness (QED) is 0.566. The Balaban J connectivity index is 1.91. The summed E-state index contributed by atoms with van der Waals surface area (Å²) in [6, 6.07) is 8.34. The number of halogens is 3. The third-order valence-corrected chi connectivity index (χ3v) is 5.35. The Morgan fingerprint density at radius 3 is 2.37 bits per heavy atom. The number of benzene rings is 2. The molecule has 0 unspecified atom stereocenters. The molecule has 3 rings (SSSR count). The first-order valence-electron chi connectivity index (χ1n) is 8.22. The third kappa shape index (κ3) is 3.91. The Kier molecular flexibility index (Phi) is 5.63. The van der Waals surface area contributed by atoms with Crippen molar-refractivity contribution in [3.05, 3.63) is 53.8 Å². The molecule has 8 nitrogen and oxygen atoms in total. The number of carbonyl (C=O) groups excluding carboxylic acids is 1. The Bertz CT molecular complexity index is 1200. The van der Waals surface area contributed by atoms with Gasteiger partial charge in [0.1, 0.15) is 0 Å². The van der Waals surface area contributed by atoms with E-state index in [0.717, 1.165) is 18.2 Å². The van der Waals surface area contributed by atoms with E-state index < -0.39 is 38.3 Å². The SMILES string of the molecule is COc1c(C(=O)NNS(=O)(=O)c2ccccc2C(F)(F)F)oc2c(OC)cccc12. The zero-order valence-corrected chi connectivity index (χ0v) is 16.3. The molecule has 0 aliphatic carbocycles. The second-order valence-electron chi connectivity index (χ2n) is 5.85. The molecule has 1 amide bonds. The molecule has 0 radical (unpaired) electrons. The molecular weight excluding hydrogens is 429 g/mol. The van der Waals surface area contributed by atoms with Gasteiger partial charge in [0, 0.05) is 0 Å². The second kappa shape index (κ2) is 7.88. The first-order valence-corrected chi connectivity index (χ1v) is 9.70. The largest absolute Gasteiger partial charge is 0.493 e. The highest BCUT2D eigenvalue weighted by Gasteiger charge is 2.37. The van der Waals surface area contributed by atoms with Crippen molar-refractivity contribution < 1.29 is 40.3 Å². The number of nitrogens with one attached hydrogen (secondary N) is 2. The number of fused-ring (bicyclic) bond motifs is 1. The fraction of sp³-hybridized carbons (Fsp3) is 0.167. The minimum absolute atomic E-state index is 0.00344. The highest BCUT2D eigenvalue weighted by atomic mass is 32.2. The Labute approximate surface area is 168 Å². The fourth-order valence-corrected chi connectivity index (χ4v) is 3.81. The molecule has 0 fully saturated rings. The summed E-state index contributed by atoms with van der Waals surface area (Å²) in [5.74, 6) is -1.19. The van der Waals surface area contributed by atoms with Crippen LogP contribution in [0.4, 0.5) is 13.2 Å². The van der Waals surface area contributed by atoms with Gasteiger partial charge in [-0.3, -0.25) is 10.2 Å². The Morgan fingerprint density at radius 1 is 1.03 bits per heavy atom. The number of hydrazine groups is 1. The molecule has 1 heterocycles. The number of para-hydroxylation sites is 1. The summed E-state index contributed by atoms with van der Waals surface area (Å²) in [5, 5.41) is 0.382. The van der Waals surface area contributed by atoms with E-state index in [1.54, 1.807) is 23.0 Å².